The number of aromatic nitrogens is 3. The van der Waals surface area contributed by atoms with E-state index in [2.05, 4.69) is 9.97 Å². The number of rotatable bonds is 3. The van der Waals surface area contributed by atoms with E-state index < -0.39 is 11.2 Å². The van der Waals surface area contributed by atoms with E-state index in [1.807, 2.05) is 24.3 Å². The Hall–Kier alpha value is -3.74. The summed E-state index contributed by atoms with van der Waals surface area (Å²) in [7, 11) is 0. The first kappa shape index (κ1) is 19.2. The number of nitrogens with zero attached hydrogens (tertiary/aromatic N) is 2. The van der Waals surface area contributed by atoms with Crippen molar-refractivity contribution in [3.05, 3.63) is 104 Å². The van der Waals surface area contributed by atoms with E-state index in [0.717, 1.165) is 15.3 Å². The molecule has 5 rings (SSSR count). The van der Waals surface area contributed by atoms with Gasteiger partial charge in [-0.25, -0.2) is 9.36 Å². The van der Waals surface area contributed by atoms with E-state index in [1.165, 1.54) is 6.20 Å². The largest absolute Gasteiger partial charge is 0.392 e. The summed E-state index contributed by atoms with van der Waals surface area (Å²) in [6.07, 6.45) is 3.20. The van der Waals surface area contributed by atoms with Crippen molar-refractivity contribution in [2.45, 2.75) is 6.61 Å². The second-order valence-corrected chi connectivity index (χ2v) is 7.55. The van der Waals surface area contributed by atoms with Gasteiger partial charge in [0, 0.05) is 27.6 Å². The lowest BCUT2D eigenvalue weighted by molar-refractivity contribution is 0.282. The summed E-state index contributed by atoms with van der Waals surface area (Å²) in [6, 6.07) is 17.8. The highest BCUT2D eigenvalue weighted by Gasteiger charge is 2.15. The maximum absolute atomic E-state index is 13.3. The molecule has 6 nitrogen and oxygen atoms in total. The maximum Gasteiger partial charge on any atom is 0.333 e. The molecule has 2 N–H and O–H groups in total. The Balaban J connectivity index is 1.77. The van der Waals surface area contributed by atoms with Crippen molar-refractivity contribution < 1.29 is 5.11 Å². The Morgan fingerprint density at radius 3 is 2.65 bits per heavy atom. The van der Waals surface area contributed by atoms with Gasteiger partial charge in [0.15, 0.2) is 0 Å². The van der Waals surface area contributed by atoms with Gasteiger partial charge in [-0.15, -0.1) is 0 Å². The van der Waals surface area contributed by atoms with Crippen LogP contribution in [0.15, 0.2) is 82.6 Å². The number of halogens is 1. The second-order valence-electron chi connectivity index (χ2n) is 7.14. The molecule has 0 saturated heterocycles. The third kappa shape index (κ3) is 3.13. The number of aliphatic hydroxyl groups is 1. The number of aliphatic hydroxyl groups excluding tert-OH is 1. The molecule has 0 aliphatic heterocycles. The van der Waals surface area contributed by atoms with Crippen molar-refractivity contribution in [1.29, 1.82) is 0 Å². The van der Waals surface area contributed by atoms with Gasteiger partial charge in [0.25, 0.3) is 5.56 Å². The highest BCUT2D eigenvalue weighted by atomic mass is 35.5. The van der Waals surface area contributed by atoms with Crippen LogP contribution in [0.3, 0.4) is 0 Å². The topological polar surface area (TPSA) is 88.0 Å². The monoisotopic (exact) mass is 429 g/mol. The number of benzene rings is 3. The number of nitrogens with one attached hydrogen (secondary N) is 1. The molecule has 0 aliphatic carbocycles. The highest BCUT2D eigenvalue weighted by molar-refractivity contribution is 6.33. The molecule has 0 fully saturated rings. The first-order valence-electron chi connectivity index (χ1n) is 9.59. The SMILES string of the molecule is O=c1[nH]c2cc(-c3c(Cl)cccc3CO)ccc2c(=O)n1-c1cncc2ccccc12. The molecular weight excluding hydrogens is 414 g/mol. The average molecular weight is 430 g/mol. The molecule has 0 spiro atoms. The molecule has 0 atom stereocenters. The Labute approximate surface area is 181 Å². The van der Waals surface area contributed by atoms with Crippen molar-refractivity contribution in [2.24, 2.45) is 0 Å². The first-order valence-corrected chi connectivity index (χ1v) is 9.97. The van der Waals surface area contributed by atoms with E-state index in [4.69, 9.17) is 11.6 Å². The number of H-pyrrole nitrogens is 1. The number of pyridine rings is 1. The summed E-state index contributed by atoms with van der Waals surface area (Å²) in [6.45, 7) is -0.180. The van der Waals surface area contributed by atoms with Crippen LogP contribution in [-0.4, -0.2) is 19.6 Å². The van der Waals surface area contributed by atoms with Gasteiger partial charge in [0.2, 0.25) is 0 Å². The van der Waals surface area contributed by atoms with E-state index in [0.29, 0.717) is 38.3 Å². The van der Waals surface area contributed by atoms with Gasteiger partial charge in [0.1, 0.15) is 0 Å². The molecule has 0 amide bonds. The zero-order valence-corrected chi connectivity index (χ0v) is 16.9. The molecule has 3 aromatic carbocycles. The van der Waals surface area contributed by atoms with Crippen LogP contribution >= 0.6 is 11.6 Å². The highest BCUT2D eigenvalue weighted by Crippen LogP contribution is 2.32. The number of aromatic amines is 1. The Morgan fingerprint density at radius 2 is 1.81 bits per heavy atom. The van der Waals surface area contributed by atoms with Gasteiger partial charge in [-0.1, -0.05) is 54.1 Å². The van der Waals surface area contributed by atoms with Crippen LogP contribution in [0.1, 0.15) is 5.56 Å². The summed E-state index contributed by atoms with van der Waals surface area (Å²) >= 11 is 6.36. The molecule has 2 aromatic heterocycles. The summed E-state index contributed by atoms with van der Waals surface area (Å²) in [5.74, 6) is 0. The van der Waals surface area contributed by atoms with E-state index >= 15 is 0 Å². The van der Waals surface area contributed by atoms with Crippen LogP contribution in [0.25, 0.3) is 38.5 Å². The predicted octanol–water partition coefficient (Wildman–Crippen LogP) is 4.04. The Kier molecular flexibility index (Phi) is 4.66. The minimum Gasteiger partial charge on any atom is -0.392 e. The van der Waals surface area contributed by atoms with Crippen molar-refractivity contribution >= 4 is 33.3 Å². The predicted molar refractivity (Wildman–Crippen MR) is 122 cm³/mol. The lowest BCUT2D eigenvalue weighted by Gasteiger charge is -2.12. The summed E-state index contributed by atoms with van der Waals surface area (Å²) in [4.78, 5) is 33.2. The van der Waals surface area contributed by atoms with Gasteiger partial charge in [0.05, 0.1) is 29.4 Å². The average Bonchev–Trinajstić information content (AvgIpc) is 2.78. The normalized spacial score (nSPS) is 11.3. The molecule has 0 radical (unpaired) electrons. The summed E-state index contributed by atoms with van der Waals surface area (Å²) in [5.41, 5.74) is 1.83. The fourth-order valence-electron chi connectivity index (χ4n) is 3.89. The molecule has 0 aliphatic rings. The van der Waals surface area contributed by atoms with Crippen molar-refractivity contribution in [2.75, 3.05) is 0 Å². The quantitative estimate of drug-likeness (QED) is 0.453. The zero-order chi connectivity index (χ0) is 21.5. The molecular formula is C24H16ClN3O3. The molecule has 7 heteroatoms. The third-order valence-corrected chi connectivity index (χ3v) is 5.66. The van der Waals surface area contributed by atoms with Gasteiger partial charge in [-0.05, 0) is 29.3 Å². The molecule has 0 bridgehead atoms. The van der Waals surface area contributed by atoms with Crippen LogP contribution in [0, 0.1) is 0 Å². The van der Waals surface area contributed by atoms with E-state index in [9.17, 15) is 14.7 Å². The van der Waals surface area contributed by atoms with E-state index in [1.54, 1.807) is 42.6 Å². The van der Waals surface area contributed by atoms with Crippen LogP contribution < -0.4 is 11.2 Å². The molecule has 5 aromatic rings. The van der Waals surface area contributed by atoms with Crippen molar-refractivity contribution in [3.63, 3.8) is 0 Å². The van der Waals surface area contributed by atoms with E-state index in [-0.39, 0.29) is 6.61 Å². The minimum absolute atomic E-state index is 0.180. The number of hydrogen-bond acceptors (Lipinski definition) is 4. The fourth-order valence-corrected chi connectivity index (χ4v) is 4.20. The molecule has 152 valence electrons. The zero-order valence-electron chi connectivity index (χ0n) is 16.2. The molecule has 2 heterocycles. The third-order valence-electron chi connectivity index (χ3n) is 5.34. The van der Waals surface area contributed by atoms with Gasteiger partial charge >= 0.3 is 5.69 Å². The van der Waals surface area contributed by atoms with Crippen LogP contribution in [0.4, 0.5) is 0 Å². The van der Waals surface area contributed by atoms with Crippen LogP contribution in [0.5, 0.6) is 0 Å². The lowest BCUT2D eigenvalue weighted by atomic mass is 9.99. The van der Waals surface area contributed by atoms with Gasteiger partial charge < -0.3 is 10.1 Å². The second kappa shape index (κ2) is 7.50. The summed E-state index contributed by atoms with van der Waals surface area (Å²) in [5, 5.41) is 12.1. The number of fused-ring (bicyclic) bond motifs is 2. The van der Waals surface area contributed by atoms with Gasteiger partial charge in [-0.3, -0.25) is 9.78 Å². The van der Waals surface area contributed by atoms with Crippen molar-refractivity contribution in [1.82, 2.24) is 14.5 Å². The molecule has 0 unspecified atom stereocenters. The summed E-state index contributed by atoms with van der Waals surface area (Å²) < 4.78 is 1.10. The first-order chi connectivity index (χ1) is 15.1. The minimum atomic E-state index is -0.561. The lowest BCUT2D eigenvalue weighted by Crippen LogP contribution is -2.33. The number of hydrogen-bond donors (Lipinski definition) is 2. The Morgan fingerprint density at radius 1 is 0.968 bits per heavy atom. The fraction of sp³-hybridized carbons (Fsp3) is 0.0417. The Bertz CT molecular complexity index is 1580. The van der Waals surface area contributed by atoms with Crippen LogP contribution in [0.2, 0.25) is 5.02 Å². The van der Waals surface area contributed by atoms with Crippen molar-refractivity contribution in [3.8, 4) is 16.8 Å². The maximum atomic E-state index is 13.3. The van der Waals surface area contributed by atoms with Crippen LogP contribution in [-0.2, 0) is 6.61 Å². The molecule has 0 saturated carbocycles. The molecule has 31 heavy (non-hydrogen) atoms. The standard InChI is InChI=1S/C24H16ClN3O3/c25-19-7-3-5-16(13-29)22(19)14-8-9-18-20(10-14)27-24(31)28(23(18)30)21-12-26-11-15-4-1-2-6-17(15)21/h1-12,29H,13H2,(H,27,31). The smallest absolute Gasteiger partial charge is 0.333 e. The van der Waals surface area contributed by atoms with Gasteiger partial charge in [-0.2, -0.15) is 0 Å².